The fourth-order valence-corrected chi connectivity index (χ4v) is 3.21. The Hall–Kier alpha value is -2.93. The number of thioether (sulfide) groups is 1. The summed E-state index contributed by atoms with van der Waals surface area (Å²) in [6.45, 7) is 1.58. The lowest BCUT2D eigenvalue weighted by molar-refractivity contribution is -0.118. The monoisotopic (exact) mass is 369 g/mol. The number of carbonyl (C=O) groups excluding carboxylic acids is 1. The van der Waals surface area contributed by atoms with Crippen molar-refractivity contribution in [2.24, 2.45) is 5.10 Å². The van der Waals surface area contributed by atoms with Gasteiger partial charge in [-0.25, -0.2) is 9.82 Å². The first-order valence-electron chi connectivity index (χ1n) is 7.83. The van der Waals surface area contributed by atoms with Crippen molar-refractivity contribution in [3.8, 4) is 5.75 Å². The highest BCUT2D eigenvalue weighted by atomic mass is 32.2. The Bertz CT molecular complexity index is 986. The molecular formula is C19H16FN3O2S. The van der Waals surface area contributed by atoms with E-state index in [1.807, 2.05) is 30.3 Å². The largest absolute Gasteiger partial charge is 0.507 e. The minimum Gasteiger partial charge on any atom is -0.507 e. The van der Waals surface area contributed by atoms with E-state index in [1.165, 1.54) is 17.8 Å². The van der Waals surface area contributed by atoms with Crippen molar-refractivity contribution in [1.29, 1.82) is 0 Å². The standard InChI is InChI=1S/C19H16FN3O2S/c1-12(15-10-14(20)7-8-16(15)24)22-23-18(25)11-26-17-6-2-4-13-5-3-9-21-19(13)17/h2-10,24H,11H2,1H3,(H,23,25)/b22-12+. The number of amides is 1. The van der Waals surface area contributed by atoms with Gasteiger partial charge in [0.2, 0.25) is 5.91 Å². The van der Waals surface area contributed by atoms with E-state index >= 15 is 0 Å². The number of hydrogen-bond donors (Lipinski definition) is 2. The van der Waals surface area contributed by atoms with Gasteiger partial charge in [0.15, 0.2) is 0 Å². The number of phenolic OH excluding ortho intramolecular Hbond substituents is 1. The van der Waals surface area contributed by atoms with Gasteiger partial charge in [-0.05, 0) is 37.3 Å². The molecule has 3 aromatic rings. The van der Waals surface area contributed by atoms with Gasteiger partial charge >= 0.3 is 0 Å². The maximum absolute atomic E-state index is 13.3. The van der Waals surface area contributed by atoms with Gasteiger partial charge < -0.3 is 5.11 Å². The Balaban J connectivity index is 1.64. The lowest BCUT2D eigenvalue weighted by atomic mass is 10.1. The zero-order valence-corrected chi connectivity index (χ0v) is 14.8. The molecule has 1 amide bonds. The fraction of sp³-hybridized carbons (Fsp3) is 0.105. The molecule has 26 heavy (non-hydrogen) atoms. The van der Waals surface area contributed by atoms with Gasteiger partial charge in [-0.1, -0.05) is 18.2 Å². The number of carbonyl (C=O) groups is 1. The topological polar surface area (TPSA) is 74.6 Å². The fourth-order valence-electron chi connectivity index (χ4n) is 2.37. The summed E-state index contributed by atoms with van der Waals surface area (Å²) in [6, 6.07) is 13.2. The normalized spacial score (nSPS) is 11.5. The van der Waals surface area contributed by atoms with E-state index in [0.29, 0.717) is 5.71 Å². The quantitative estimate of drug-likeness (QED) is 0.408. The summed E-state index contributed by atoms with van der Waals surface area (Å²) in [6.07, 6.45) is 1.71. The summed E-state index contributed by atoms with van der Waals surface area (Å²) in [5.41, 5.74) is 3.81. The van der Waals surface area contributed by atoms with E-state index in [4.69, 9.17) is 0 Å². The maximum atomic E-state index is 13.3. The van der Waals surface area contributed by atoms with Crippen molar-refractivity contribution >= 4 is 34.3 Å². The number of pyridine rings is 1. The van der Waals surface area contributed by atoms with Crippen LogP contribution in [0.5, 0.6) is 5.75 Å². The van der Waals surface area contributed by atoms with Crippen LogP contribution in [-0.2, 0) is 4.79 Å². The Morgan fingerprint density at radius 1 is 1.27 bits per heavy atom. The molecule has 7 heteroatoms. The summed E-state index contributed by atoms with van der Waals surface area (Å²) in [5, 5.41) is 14.7. The highest BCUT2D eigenvalue weighted by Gasteiger charge is 2.09. The highest BCUT2D eigenvalue weighted by molar-refractivity contribution is 8.00. The smallest absolute Gasteiger partial charge is 0.250 e. The first-order chi connectivity index (χ1) is 12.5. The number of phenols is 1. The van der Waals surface area contributed by atoms with Gasteiger partial charge in [-0.2, -0.15) is 5.10 Å². The molecule has 0 bridgehead atoms. The van der Waals surface area contributed by atoms with Crippen LogP contribution in [0.2, 0.25) is 0 Å². The van der Waals surface area contributed by atoms with Crippen LogP contribution in [0.3, 0.4) is 0 Å². The predicted molar refractivity (Wildman–Crippen MR) is 101 cm³/mol. The highest BCUT2D eigenvalue weighted by Crippen LogP contribution is 2.25. The molecule has 0 aliphatic carbocycles. The molecule has 132 valence electrons. The lowest BCUT2D eigenvalue weighted by Crippen LogP contribution is -2.21. The minimum atomic E-state index is -0.488. The van der Waals surface area contributed by atoms with Crippen LogP contribution in [0, 0.1) is 5.82 Å². The van der Waals surface area contributed by atoms with E-state index in [1.54, 1.807) is 13.1 Å². The molecule has 0 saturated carbocycles. The van der Waals surface area contributed by atoms with Gasteiger partial charge in [0.25, 0.3) is 0 Å². The minimum absolute atomic E-state index is 0.0990. The Morgan fingerprint density at radius 3 is 2.92 bits per heavy atom. The molecule has 0 fully saturated rings. The Labute approximate surface area is 154 Å². The zero-order chi connectivity index (χ0) is 18.5. The molecule has 1 heterocycles. The van der Waals surface area contributed by atoms with Crippen molar-refractivity contribution in [2.45, 2.75) is 11.8 Å². The molecular weight excluding hydrogens is 353 g/mol. The van der Waals surface area contributed by atoms with Crippen LogP contribution in [-0.4, -0.2) is 27.5 Å². The third-order valence-electron chi connectivity index (χ3n) is 3.65. The summed E-state index contributed by atoms with van der Waals surface area (Å²) in [7, 11) is 0. The molecule has 0 spiro atoms. The number of hydrogen-bond acceptors (Lipinski definition) is 5. The van der Waals surface area contributed by atoms with Crippen LogP contribution in [0.1, 0.15) is 12.5 Å². The van der Waals surface area contributed by atoms with Gasteiger partial charge in [0, 0.05) is 22.0 Å². The number of halogens is 1. The average molecular weight is 369 g/mol. The van der Waals surface area contributed by atoms with Crippen molar-refractivity contribution in [2.75, 3.05) is 5.75 Å². The molecule has 3 rings (SSSR count). The molecule has 0 radical (unpaired) electrons. The number of aromatic hydroxyl groups is 1. The molecule has 5 nitrogen and oxygen atoms in total. The number of aromatic nitrogens is 1. The number of fused-ring (bicyclic) bond motifs is 1. The lowest BCUT2D eigenvalue weighted by Gasteiger charge is -2.06. The van der Waals surface area contributed by atoms with Crippen molar-refractivity contribution in [3.63, 3.8) is 0 Å². The van der Waals surface area contributed by atoms with E-state index in [-0.39, 0.29) is 23.0 Å². The van der Waals surface area contributed by atoms with Gasteiger partial charge in [-0.3, -0.25) is 9.78 Å². The van der Waals surface area contributed by atoms with Crippen molar-refractivity contribution in [3.05, 3.63) is 66.1 Å². The second kappa shape index (κ2) is 7.97. The van der Waals surface area contributed by atoms with Gasteiger partial charge in [0.05, 0.1) is 17.0 Å². The third kappa shape index (κ3) is 4.18. The van der Waals surface area contributed by atoms with E-state index in [2.05, 4.69) is 15.5 Å². The molecule has 0 saturated heterocycles. The predicted octanol–water partition coefficient (Wildman–Crippen LogP) is 3.71. The SMILES string of the molecule is C/C(=N\NC(=O)CSc1cccc2cccnc12)c1cc(F)ccc1O. The van der Waals surface area contributed by atoms with Crippen LogP contribution in [0.25, 0.3) is 10.9 Å². The van der Waals surface area contributed by atoms with E-state index < -0.39 is 5.82 Å². The Kier molecular flexibility index (Phi) is 5.48. The van der Waals surface area contributed by atoms with Crippen LogP contribution < -0.4 is 5.43 Å². The van der Waals surface area contributed by atoms with Crippen molar-refractivity contribution in [1.82, 2.24) is 10.4 Å². The number of nitrogens with zero attached hydrogens (tertiary/aromatic N) is 2. The first kappa shape index (κ1) is 17.9. The van der Waals surface area contributed by atoms with Crippen LogP contribution in [0.15, 0.2) is 64.7 Å². The molecule has 2 N–H and O–H groups in total. The average Bonchev–Trinajstić information content (AvgIpc) is 2.66. The summed E-state index contributed by atoms with van der Waals surface area (Å²) >= 11 is 1.36. The van der Waals surface area contributed by atoms with E-state index in [0.717, 1.165) is 27.9 Å². The van der Waals surface area contributed by atoms with Crippen LogP contribution >= 0.6 is 11.8 Å². The third-order valence-corrected chi connectivity index (χ3v) is 4.70. The second-order valence-corrected chi connectivity index (χ2v) is 6.53. The zero-order valence-electron chi connectivity index (χ0n) is 13.9. The van der Waals surface area contributed by atoms with Crippen molar-refractivity contribution < 1.29 is 14.3 Å². The van der Waals surface area contributed by atoms with Gasteiger partial charge in [0.1, 0.15) is 11.6 Å². The summed E-state index contributed by atoms with van der Waals surface area (Å²) < 4.78 is 13.3. The van der Waals surface area contributed by atoms with E-state index in [9.17, 15) is 14.3 Å². The summed E-state index contributed by atoms with van der Waals surface area (Å²) in [4.78, 5) is 17.3. The number of nitrogens with one attached hydrogen (secondary N) is 1. The molecule has 0 atom stereocenters. The molecule has 2 aromatic carbocycles. The second-order valence-electron chi connectivity index (χ2n) is 5.51. The number of benzene rings is 2. The number of rotatable bonds is 5. The Morgan fingerprint density at radius 2 is 2.08 bits per heavy atom. The molecule has 1 aromatic heterocycles. The summed E-state index contributed by atoms with van der Waals surface area (Å²) in [5.74, 6) is -0.740. The van der Waals surface area contributed by atoms with Crippen LogP contribution in [0.4, 0.5) is 4.39 Å². The molecule has 0 aliphatic heterocycles. The molecule has 0 unspecified atom stereocenters. The number of para-hydroxylation sites is 1. The number of hydrazone groups is 1. The van der Waals surface area contributed by atoms with Gasteiger partial charge in [-0.15, -0.1) is 11.8 Å². The molecule has 0 aliphatic rings. The maximum Gasteiger partial charge on any atom is 0.250 e. The first-order valence-corrected chi connectivity index (χ1v) is 8.82.